The molecule has 2 aliphatic rings. The molecule has 0 aliphatic carbocycles. The molecule has 3 heterocycles. The van der Waals surface area contributed by atoms with Crippen LogP contribution in [-0.4, -0.2) is 53.7 Å². The minimum Gasteiger partial charge on any atom is -0.453 e. The zero-order valence-electron chi connectivity index (χ0n) is 11.1. The number of carbonyl (C=O) groups is 1. The Labute approximate surface area is 123 Å². The van der Waals surface area contributed by atoms with Crippen molar-refractivity contribution in [1.29, 1.82) is 0 Å². The molecular formula is C12H11FN2O7. The van der Waals surface area contributed by atoms with E-state index in [0.29, 0.717) is 0 Å². The van der Waals surface area contributed by atoms with Gasteiger partial charge in [0.05, 0.1) is 25.0 Å². The van der Waals surface area contributed by atoms with Crippen molar-refractivity contribution in [2.24, 2.45) is 0 Å². The Hall–Kier alpha value is -2.33. The molecule has 2 aliphatic heterocycles. The quantitative estimate of drug-likeness (QED) is 0.438. The standard InChI is InChI=1S/C12H11FN2O7/c13-7-1-6(2-14-3-7)12(16)21-8-4-19-11-9(22-15(17)18)5-20-10(8)11/h1-3,8-11H,4-5H2. The summed E-state index contributed by atoms with van der Waals surface area (Å²) in [7, 11) is 0. The highest BCUT2D eigenvalue weighted by Crippen LogP contribution is 2.30. The number of rotatable bonds is 4. The van der Waals surface area contributed by atoms with E-state index in [2.05, 4.69) is 9.82 Å². The van der Waals surface area contributed by atoms with Crippen molar-refractivity contribution in [3.05, 3.63) is 40.0 Å². The maximum absolute atomic E-state index is 13.0. The van der Waals surface area contributed by atoms with Crippen LogP contribution in [0.2, 0.25) is 0 Å². The third kappa shape index (κ3) is 2.83. The molecule has 4 unspecified atom stereocenters. The summed E-state index contributed by atoms with van der Waals surface area (Å²) in [5.74, 6) is -1.44. The van der Waals surface area contributed by atoms with Crippen molar-refractivity contribution in [3.63, 3.8) is 0 Å². The van der Waals surface area contributed by atoms with E-state index in [-0.39, 0.29) is 18.8 Å². The van der Waals surface area contributed by atoms with E-state index in [0.717, 1.165) is 12.3 Å². The summed E-state index contributed by atoms with van der Waals surface area (Å²) < 4.78 is 28.9. The first-order valence-corrected chi connectivity index (χ1v) is 6.40. The molecule has 10 heteroatoms. The fraction of sp³-hybridized carbons (Fsp3) is 0.500. The molecule has 0 saturated carbocycles. The highest BCUT2D eigenvalue weighted by Gasteiger charge is 2.51. The number of hydrogen-bond donors (Lipinski definition) is 0. The van der Waals surface area contributed by atoms with Gasteiger partial charge in [-0.15, -0.1) is 10.1 Å². The molecule has 4 atom stereocenters. The number of pyridine rings is 1. The summed E-state index contributed by atoms with van der Waals surface area (Å²) in [6, 6.07) is 0.997. The second-order valence-corrected chi connectivity index (χ2v) is 4.80. The summed E-state index contributed by atoms with van der Waals surface area (Å²) in [6.07, 6.45) is -0.817. The van der Waals surface area contributed by atoms with Gasteiger partial charge in [0, 0.05) is 6.20 Å². The summed E-state index contributed by atoms with van der Waals surface area (Å²) >= 11 is 0. The second kappa shape index (κ2) is 5.81. The fourth-order valence-corrected chi connectivity index (χ4v) is 2.46. The molecule has 3 rings (SSSR count). The number of esters is 1. The molecule has 2 saturated heterocycles. The van der Waals surface area contributed by atoms with E-state index in [1.54, 1.807) is 0 Å². The highest BCUT2D eigenvalue weighted by molar-refractivity contribution is 5.89. The van der Waals surface area contributed by atoms with Crippen molar-refractivity contribution in [2.75, 3.05) is 13.2 Å². The van der Waals surface area contributed by atoms with Crippen LogP contribution < -0.4 is 0 Å². The largest absolute Gasteiger partial charge is 0.453 e. The van der Waals surface area contributed by atoms with Gasteiger partial charge in [0.25, 0.3) is 5.09 Å². The van der Waals surface area contributed by atoms with Crippen LogP contribution in [0.4, 0.5) is 4.39 Å². The molecule has 118 valence electrons. The molecule has 0 aromatic carbocycles. The number of fused-ring (bicyclic) bond motifs is 1. The molecule has 9 nitrogen and oxygen atoms in total. The average Bonchev–Trinajstić information content (AvgIpc) is 3.03. The number of ether oxygens (including phenoxy) is 3. The average molecular weight is 314 g/mol. The van der Waals surface area contributed by atoms with Crippen LogP contribution in [0.25, 0.3) is 0 Å². The Morgan fingerprint density at radius 2 is 2.00 bits per heavy atom. The summed E-state index contributed by atoms with van der Waals surface area (Å²) in [4.78, 5) is 30.3. The molecule has 0 N–H and O–H groups in total. The maximum Gasteiger partial charge on any atom is 0.340 e. The van der Waals surface area contributed by atoms with Crippen LogP contribution in [0.3, 0.4) is 0 Å². The molecule has 22 heavy (non-hydrogen) atoms. The van der Waals surface area contributed by atoms with Crippen molar-refractivity contribution in [1.82, 2.24) is 4.98 Å². The predicted octanol–water partition coefficient (Wildman–Crippen LogP) is 0.121. The first-order valence-electron chi connectivity index (χ1n) is 6.40. The zero-order chi connectivity index (χ0) is 15.7. The van der Waals surface area contributed by atoms with Gasteiger partial charge in [-0.3, -0.25) is 4.98 Å². The number of hydrogen-bond acceptors (Lipinski definition) is 8. The molecule has 0 radical (unpaired) electrons. The SMILES string of the molecule is O=C(OC1COC2C(O[N+](=O)[O-])COC12)c1cncc(F)c1. The van der Waals surface area contributed by atoms with Crippen molar-refractivity contribution < 1.29 is 33.3 Å². The Morgan fingerprint density at radius 3 is 2.68 bits per heavy atom. The van der Waals surface area contributed by atoms with Gasteiger partial charge in [0.1, 0.15) is 18.0 Å². The summed E-state index contributed by atoms with van der Waals surface area (Å²) in [6.45, 7) is -0.0206. The molecule has 2 fully saturated rings. The monoisotopic (exact) mass is 314 g/mol. The van der Waals surface area contributed by atoms with Crippen molar-refractivity contribution in [3.8, 4) is 0 Å². The minimum absolute atomic E-state index is 0.0153. The van der Waals surface area contributed by atoms with E-state index in [4.69, 9.17) is 14.2 Å². The predicted molar refractivity (Wildman–Crippen MR) is 64.7 cm³/mol. The topological polar surface area (TPSA) is 110 Å². The van der Waals surface area contributed by atoms with Crippen molar-refractivity contribution in [2.45, 2.75) is 24.4 Å². The van der Waals surface area contributed by atoms with Gasteiger partial charge in [-0.05, 0) is 6.07 Å². The van der Waals surface area contributed by atoms with Crippen molar-refractivity contribution >= 4 is 5.97 Å². The molecule has 1 aromatic heterocycles. The van der Waals surface area contributed by atoms with Crippen LogP contribution in [0.5, 0.6) is 0 Å². The summed E-state index contributed by atoms with van der Waals surface area (Å²) in [5.41, 5.74) is -0.0421. The van der Waals surface area contributed by atoms with E-state index >= 15 is 0 Å². The number of carbonyl (C=O) groups excluding carboxylic acids is 1. The smallest absolute Gasteiger partial charge is 0.340 e. The van der Waals surface area contributed by atoms with Gasteiger partial charge in [0.2, 0.25) is 0 Å². The third-order valence-corrected chi connectivity index (χ3v) is 3.38. The molecule has 0 bridgehead atoms. The first-order chi connectivity index (χ1) is 10.5. The van der Waals surface area contributed by atoms with Crippen LogP contribution in [-0.2, 0) is 19.0 Å². The van der Waals surface area contributed by atoms with Gasteiger partial charge < -0.3 is 19.0 Å². The third-order valence-electron chi connectivity index (χ3n) is 3.38. The Balaban J connectivity index is 1.63. The maximum atomic E-state index is 13.0. The normalized spacial score (nSPS) is 29.9. The molecule has 0 amide bonds. The Morgan fingerprint density at radius 1 is 1.32 bits per heavy atom. The van der Waals surface area contributed by atoms with E-state index < -0.39 is 41.3 Å². The second-order valence-electron chi connectivity index (χ2n) is 4.80. The molecular weight excluding hydrogens is 303 g/mol. The minimum atomic E-state index is -0.919. The van der Waals surface area contributed by atoms with Crippen LogP contribution in [0.15, 0.2) is 18.5 Å². The first kappa shape index (κ1) is 14.6. The van der Waals surface area contributed by atoms with Gasteiger partial charge in [0.15, 0.2) is 12.2 Å². The lowest BCUT2D eigenvalue weighted by Gasteiger charge is -2.16. The van der Waals surface area contributed by atoms with E-state index in [1.807, 2.05) is 0 Å². The van der Waals surface area contributed by atoms with Gasteiger partial charge >= 0.3 is 5.97 Å². The lowest BCUT2D eigenvalue weighted by atomic mass is 10.1. The zero-order valence-corrected chi connectivity index (χ0v) is 11.1. The Bertz CT molecular complexity index is 599. The van der Waals surface area contributed by atoms with Gasteiger partial charge in [-0.2, -0.15) is 0 Å². The number of halogens is 1. The number of aromatic nitrogens is 1. The fourth-order valence-electron chi connectivity index (χ4n) is 2.46. The van der Waals surface area contributed by atoms with Crippen LogP contribution in [0.1, 0.15) is 10.4 Å². The lowest BCUT2D eigenvalue weighted by molar-refractivity contribution is -0.769. The Kier molecular flexibility index (Phi) is 3.86. The van der Waals surface area contributed by atoms with Gasteiger partial charge in [-0.25, -0.2) is 9.18 Å². The molecule has 0 spiro atoms. The lowest BCUT2D eigenvalue weighted by Crippen LogP contribution is -2.35. The summed E-state index contributed by atoms with van der Waals surface area (Å²) in [5, 5.41) is 9.45. The molecule has 1 aromatic rings. The highest BCUT2D eigenvalue weighted by atomic mass is 19.1. The number of nitrogens with zero attached hydrogens (tertiary/aromatic N) is 2. The van der Waals surface area contributed by atoms with E-state index in [9.17, 15) is 19.3 Å². The van der Waals surface area contributed by atoms with Gasteiger partial charge in [-0.1, -0.05) is 0 Å². The van der Waals surface area contributed by atoms with Crippen LogP contribution in [0, 0.1) is 15.9 Å². The van der Waals surface area contributed by atoms with E-state index in [1.165, 1.54) is 6.20 Å². The van der Waals surface area contributed by atoms with Crippen LogP contribution >= 0.6 is 0 Å².